The molecule has 1 N–H and O–H groups in total. The Hall–Kier alpha value is -3.07. The summed E-state index contributed by atoms with van der Waals surface area (Å²) in [5.74, 6) is -0.802. The van der Waals surface area contributed by atoms with E-state index in [-0.39, 0.29) is 32.0 Å². The normalized spacial score (nSPS) is 14.1. The first-order chi connectivity index (χ1) is 34.5. The molecule has 0 saturated heterocycles. The van der Waals surface area contributed by atoms with Crippen molar-refractivity contribution < 1.29 is 42.1 Å². The average Bonchev–Trinajstić information content (AvgIpc) is 3.33. The van der Waals surface area contributed by atoms with Gasteiger partial charge in [0.2, 0.25) is 0 Å². The fourth-order valence-electron chi connectivity index (χ4n) is 7.50. The molecule has 0 saturated carbocycles. The first-order valence-electron chi connectivity index (χ1n) is 28.5. The van der Waals surface area contributed by atoms with Crippen LogP contribution in [-0.2, 0) is 32.7 Å². The Balaban J connectivity index is 4.03. The zero-order chi connectivity index (χ0) is 52.0. The Morgan fingerprint density at radius 1 is 0.451 bits per heavy atom. The Bertz CT molecular complexity index is 1520. The molecule has 0 bridgehead atoms. The van der Waals surface area contributed by atoms with Gasteiger partial charge in [0.1, 0.15) is 19.8 Å². The monoisotopic (exact) mass is 1010 g/mol. The SMILES string of the molecule is CC/C=C\C/C=C\C/C=C\C/C=C\C/C=C\C/C=C\C/C=C\C/C=C\CCCCCCCCCCCCCCC(=O)OC(COC(=O)CCCCCCCCCCCC)COP(=O)(O)OCC[N+](C)(C)C. The van der Waals surface area contributed by atoms with Crippen LogP contribution in [0.5, 0.6) is 0 Å². The Morgan fingerprint density at radius 2 is 0.803 bits per heavy atom. The molecule has 0 rings (SSSR count). The van der Waals surface area contributed by atoms with E-state index in [9.17, 15) is 19.0 Å². The summed E-state index contributed by atoms with van der Waals surface area (Å²) in [5.41, 5.74) is 0. The third-order valence-corrected chi connectivity index (χ3v) is 12.9. The van der Waals surface area contributed by atoms with Crippen molar-refractivity contribution in [2.75, 3.05) is 47.5 Å². The number of phosphoric acid groups is 1. The van der Waals surface area contributed by atoms with E-state index in [1.807, 2.05) is 21.1 Å². The fourth-order valence-corrected chi connectivity index (χ4v) is 8.24. The number of unbranched alkanes of at least 4 members (excludes halogenated alkanes) is 21. The molecule has 0 aliphatic heterocycles. The number of allylic oxidation sites excluding steroid dienone is 16. The summed E-state index contributed by atoms with van der Waals surface area (Å²) in [6.07, 6.45) is 70.6. The number of likely N-dealkylation sites (N-methyl/N-ethyl adjacent to an activating group) is 1. The molecular weight excluding hydrogens is 906 g/mol. The van der Waals surface area contributed by atoms with E-state index in [2.05, 4.69) is 111 Å². The molecule has 0 fully saturated rings. The first-order valence-corrected chi connectivity index (χ1v) is 30.0. The van der Waals surface area contributed by atoms with Gasteiger partial charge in [-0.3, -0.25) is 18.6 Å². The van der Waals surface area contributed by atoms with Gasteiger partial charge in [0.05, 0.1) is 27.7 Å². The minimum atomic E-state index is -4.38. The van der Waals surface area contributed by atoms with E-state index in [0.717, 1.165) is 89.9 Å². The summed E-state index contributed by atoms with van der Waals surface area (Å²) < 4.78 is 34.4. The number of nitrogens with zero attached hydrogens (tertiary/aromatic N) is 1. The number of carbonyl (C=O) groups excluding carboxylic acids is 2. The van der Waals surface area contributed by atoms with Crippen LogP contribution in [0.2, 0.25) is 0 Å². The maximum atomic E-state index is 12.8. The second kappa shape index (κ2) is 51.8. The minimum absolute atomic E-state index is 0.0292. The van der Waals surface area contributed by atoms with Crippen LogP contribution in [0.15, 0.2) is 97.2 Å². The van der Waals surface area contributed by atoms with E-state index in [1.54, 1.807) is 0 Å². The van der Waals surface area contributed by atoms with Crippen LogP contribution in [0.1, 0.15) is 226 Å². The van der Waals surface area contributed by atoms with Crippen molar-refractivity contribution in [3.8, 4) is 0 Å². The number of ether oxygens (including phenoxy) is 2. The van der Waals surface area contributed by atoms with Crippen LogP contribution in [0.3, 0.4) is 0 Å². The summed E-state index contributed by atoms with van der Waals surface area (Å²) in [7, 11) is 1.47. The molecule has 0 spiro atoms. The van der Waals surface area contributed by atoms with Crippen LogP contribution in [0, 0.1) is 0 Å². The molecule has 0 aromatic carbocycles. The largest absolute Gasteiger partial charge is 0.472 e. The average molecular weight is 1010 g/mol. The van der Waals surface area contributed by atoms with Crippen molar-refractivity contribution in [2.45, 2.75) is 232 Å². The number of quaternary nitrogens is 1. The Kier molecular flexibility index (Phi) is 49.6. The smallest absolute Gasteiger partial charge is 0.462 e. The summed E-state index contributed by atoms with van der Waals surface area (Å²) >= 11 is 0. The van der Waals surface area contributed by atoms with Crippen molar-refractivity contribution in [3.05, 3.63) is 97.2 Å². The topological polar surface area (TPSA) is 108 Å². The second-order valence-electron chi connectivity index (χ2n) is 19.9. The number of phosphoric ester groups is 1. The van der Waals surface area contributed by atoms with Crippen LogP contribution in [0.25, 0.3) is 0 Å². The number of esters is 2. The highest BCUT2D eigenvalue weighted by molar-refractivity contribution is 7.47. The van der Waals surface area contributed by atoms with Gasteiger partial charge < -0.3 is 18.9 Å². The molecule has 0 aliphatic rings. The molecule has 0 aromatic rings. The van der Waals surface area contributed by atoms with Crippen molar-refractivity contribution in [2.24, 2.45) is 0 Å². The summed E-state index contributed by atoms with van der Waals surface area (Å²) in [6.45, 7) is 4.29. The highest BCUT2D eigenvalue weighted by Crippen LogP contribution is 2.43. The molecule has 2 unspecified atom stereocenters. The molecule has 408 valence electrons. The lowest BCUT2D eigenvalue weighted by Gasteiger charge is -2.24. The van der Waals surface area contributed by atoms with Crippen molar-refractivity contribution in [3.63, 3.8) is 0 Å². The van der Waals surface area contributed by atoms with Gasteiger partial charge in [-0.2, -0.15) is 0 Å². The quantitative estimate of drug-likeness (QED) is 0.0211. The molecule has 0 amide bonds. The van der Waals surface area contributed by atoms with Crippen molar-refractivity contribution >= 4 is 19.8 Å². The molecule has 0 aliphatic carbocycles. The van der Waals surface area contributed by atoms with E-state index >= 15 is 0 Å². The maximum Gasteiger partial charge on any atom is 0.472 e. The third-order valence-electron chi connectivity index (χ3n) is 11.9. The molecular formula is C61H107NO8P+. The first kappa shape index (κ1) is 67.9. The third kappa shape index (κ3) is 56.1. The predicted octanol–water partition coefficient (Wildman–Crippen LogP) is 17.6. The van der Waals surface area contributed by atoms with Crippen LogP contribution < -0.4 is 0 Å². The predicted molar refractivity (Wildman–Crippen MR) is 302 cm³/mol. The lowest BCUT2D eigenvalue weighted by atomic mass is 10.0. The van der Waals surface area contributed by atoms with Gasteiger partial charge in [0.15, 0.2) is 6.10 Å². The van der Waals surface area contributed by atoms with Gasteiger partial charge in [-0.25, -0.2) is 4.57 Å². The van der Waals surface area contributed by atoms with E-state index in [0.29, 0.717) is 17.4 Å². The number of carbonyl (C=O) groups is 2. The summed E-state index contributed by atoms with van der Waals surface area (Å²) in [4.78, 5) is 35.5. The molecule has 9 nitrogen and oxygen atoms in total. The van der Waals surface area contributed by atoms with Gasteiger partial charge in [0.25, 0.3) is 0 Å². The second-order valence-corrected chi connectivity index (χ2v) is 21.4. The van der Waals surface area contributed by atoms with Gasteiger partial charge in [-0.1, -0.05) is 233 Å². The van der Waals surface area contributed by atoms with Crippen LogP contribution in [0.4, 0.5) is 0 Å². The number of hydrogen-bond acceptors (Lipinski definition) is 7. The number of hydrogen-bond donors (Lipinski definition) is 1. The molecule has 2 atom stereocenters. The van der Waals surface area contributed by atoms with E-state index in [4.69, 9.17) is 18.5 Å². The minimum Gasteiger partial charge on any atom is -0.462 e. The highest BCUT2D eigenvalue weighted by atomic mass is 31.2. The lowest BCUT2D eigenvalue weighted by molar-refractivity contribution is -0.870. The van der Waals surface area contributed by atoms with Gasteiger partial charge in [-0.15, -0.1) is 0 Å². The standard InChI is InChI=1S/C61H106NO8P/c1-6-8-10-12-14-16-18-19-20-21-22-23-24-25-26-27-28-29-30-31-32-33-34-35-36-37-38-39-40-41-42-43-44-46-48-50-52-54-61(64)70-59(58-69-71(65,66)68-56-55-62(3,4)5)57-67-60(63)53-51-49-47-45-17-15-13-11-9-7-2/h8,10,14,16,19-20,22-23,25-26,28-29,31-32,34-35,59H,6-7,9,11-13,15,17-18,21,24,27,30,33,36-58H2,1-5H3/p+1/b10-8-,16-14-,20-19-,23-22-,26-25-,29-28-,32-31-,35-34-. The number of rotatable bonds is 51. The molecule has 0 aromatic heterocycles. The Morgan fingerprint density at radius 3 is 1.20 bits per heavy atom. The van der Waals surface area contributed by atoms with Gasteiger partial charge >= 0.3 is 19.8 Å². The zero-order valence-electron chi connectivity index (χ0n) is 46.2. The highest BCUT2D eigenvalue weighted by Gasteiger charge is 2.27. The zero-order valence-corrected chi connectivity index (χ0v) is 47.1. The summed E-state index contributed by atoms with van der Waals surface area (Å²) in [6, 6.07) is 0. The molecule has 10 heteroatoms. The lowest BCUT2D eigenvalue weighted by Crippen LogP contribution is -2.37. The van der Waals surface area contributed by atoms with Crippen LogP contribution in [-0.4, -0.2) is 74.9 Å². The maximum absolute atomic E-state index is 12.8. The summed E-state index contributed by atoms with van der Waals surface area (Å²) in [5, 5.41) is 0. The fraction of sp³-hybridized carbons (Fsp3) is 0.705. The van der Waals surface area contributed by atoms with Crippen molar-refractivity contribution in [1.29, 1.82) is 0 Å². The van der Waals surface area contributed by atoms with E-state index < -0.39 is 26.5 Å². The van der Waals surface area contributed by atoms with Crippen LogP contribution >= 0.6 is 7.82 Å². The van der Waals surface area contributed by atoms with Crippen molar-refractivity contribution in [1.82, 2.24) is 0 Å². The van der Waals surface area contributed by atoms with Gasteiger partial charge in [-0.05, 0) is 77.0 Å². The molecule has 0 heterocycles. The molecule has 0 radical (unpaired) electrons. The van der Waals surface area contributed by atoms with E-state index in [1.165, 1.54) is 103 Å². The molecule has 71 heavy (non-hydrogen) atoms. The Labute approximate surface area is 436 Å². The van der Waals surface area contributed by atoms with Gasteiger partial charge in [0, 0.05) is 12.8 Å².